The van der Waals surface area contributed by atoms with Gasteiger partial charge in [0.25, 0.3) is 0 Å². The van der Waals surface area contributed by atoms with Gasteiger partial charge in [-0.15, -0.1) is 0 Å². The van der Waals surface area contributed by atoms with Crippen molar-refractivity contribution >= 4 is 12.6 Å². The molecule has 1 aromatic carbocycles. The molecule has 1 aromatic rings. The maximum atomic E-state index is 10.4. The molecule has 0 aliphatic heterocycles. The quantitative estimate of drug-likeness (QED) is 0.753. The molecule has 0 amide bonds. The van der Waals surface area contributed by atoms with Gasteiger partial charge < -0.3 is 5.11 Å². The molecule has 0 heterocycles. The highest BCUT2D eigenvalue weighted by molar-refractivity contribution is 7.86. The van der Waals surface area contributed by atoms with E-state index in [2.05, 4.69) is 67.5 Å². The molecule has 108 valence electrons. The van der Waals surface area contributed by atoms with E-state index < -0.39 is 7.26 Å². The summed E-state index contributed by atoms with van der Waals surface area (Å²) in [6.07, 6.45) is 0. The van der Waals surface area contributed by atoms with Gasteiger partial charge in [-0.2, -0.15) is 0 Å². The number of hydrogen-bond acceptors (Lipinski definition) is 1. The molecule has 0 radical (unpaired) electrons. The van der Waals surface area contributed by atoms with Gasteiger partial charge in [0.15, 0.2) is 5.75 Å². The molecule has 1 nitrogen and oxygen atoms in total. The summed E-state index contributed by atoms with van der Waals surface area (Å²) in [5.41, 5.74) is 0.542. The number of rotatable bonds is 2. The Kier molecular flexibility index (Phi) is 4.42. The Morgan fingerprint density at radius 1 is 0.895 bits per heavy atom. The van der Waals surface area contributed by atoms with E-state index >= 15 is 0 Å². The first-order chi connectivity index (χ1) is 8.46. The van der Waals surface area contributed by atoms with Gasteiger partial charge in [-0.05, 0) is 67.5 Å². The average molecular weight is 281 g/mol. The summed E-state index contributed by atoms with van der Waals surface area (Å²) in [6, 6.07) is 7.95. The van der Waals surface area contributed by atoms with Crippen LogP contribution in [-0.4, -0.2) is 21.1 Å². The summed E-state index contributed by atoms with van der Waals surface area (Å²) < 4.78 is 0. The predicted octanol–water partition coefficient (Wildman–Crippen LogP) is 5.04. The Labute approximate surface area is 119 Å². The summed E-state index contributed by atoms with van der Waals surface area (Å²) in [4.78, 5) is 0. The van der Waals surface area contributed by atoms with Crippen LogP contribution in [0.1, 0.15) is 55.4 Å². The highest BCUT2D eigenvalue weighted by Crippen LogP contribution is 2.79. The zero-order valence-electron chi connectivity index (χ0n) is 13.8. The molecule has 0 aliphatic carbocycles. The molecule has 1 rings (SSSR count). The molecule has 0 aromatic heterocycles. The van der Waals surface area contributed by atoms with Gasteiger partial charge >= 0.3 is 0 Å². The molecule has 19 heavy (non-hydrogen) atoms. The SMILES string of the molecule is CC(C)[P+](c1ccccc1O)(C(C)(C)C)C(C)(C)C. The van der Waals surface area contributed by atoms with Crippen LogP contribution in [0.5, 0.6) is 5.75 Å². The minimum Gasteiger partial charge on any atom is -0.504 e. The molecule has 0 unspecified atom stereocenters. The summed E-state index contributed by atoms with van der Waals surface area (Å²) in [6.45, 7) is 18.6. The first-order valence-corrected chi connectivity index (χ1v) is 8.99. The Morgan fingerprint density at radius 2 is 1.32 bits per heavy atom. The van der Waals surface area contributed by atoms with Crippen molar-refractivity contribution in [3.05, 3.63) is 24.3 Å². The summed E-state index contributed by atoms with van der Waals surface area (Å²) in [5.74, 6) is 0.467. The summed E-state index contributed by atoms with van der Waals surface area (Å²) in [5, 5.41) is 12.0. The van der Waals surface area contributed by atoms with Gasteiger partial charge in [-0.3, -0.25) is 0 Å². The molecular formula is C17H30OP+. The van der Waals surface area contributed by atoms with Crippen LogP contribution in [0, 0.1) is 0 Å². The maximum absolute atomic E-state index is 10.4. The van der Waals surface area contributed by atoms with Gasteiger partial charge in [-0.25, -0.2) is 0 Å². The van der Waals surface area contributed by atoms with E-state index in [0.717, 1.165) is 0 Å². The van der Waals surface area contributed by atoms with Crippen molar-refractivity contribution in [2.45, 2.75) is 71.4 Å². The van der Waals surface area contributed by atoms with Gasteiger partial charge in [0.1, 0.15) is 5.30 Å². The number of para-hydroxylation sites is 1. The second-order valence-corrected chi connectivity index (χ2v) is 13.3. The van der Waals surface area contributed by atoms with Crippen LogP contribution >= 0.6 is 7.26 Å². The lowest BCUT2D eigenvalue weighted by Gasteiger charge is -2.49. The van der Waals surface area contributed by atoms with Crippen molar-refractivity contribution in [3.63, 3.8) is 0 Å². The molecule has 0 saturated heterocycles. The van der Waals surface area contributed by atoms with Crippen LogP contribution in [0.15, 0.2) is 24.3 Å². The summed E-state index contributed by atoms with van der Waals surface area (Å²) >= 11 is 0. The standard InChI is InChI=1S/C17H29OP/c1-13(2)19(16(3,4)5,17(6,7)8)15-12-10-9-11-14(15)18/h9-13H,1-8H3/p+1. The molecule has 0 spiro atoms. The van der Waals surface area contributed by atoms with Crippen molar-refractivity contribution in [2.75, 3.05) is 0 Å². The fraction of sp³-hybridized carbons (Fsp3) is 0.647. The molecule has 0 fully saturated rings. The molecule has 0 saturated carbocycles. The Hall–Kier alpha value is -0.550. The van der Waals surface area contributed by atoms with E-state index in [1.165, 1.54) is 5.30 Å². The monoisotopic (exact) mass is 281 g/mol. The zero-order chi connectivity index (χ0) is 15.1. The maximum Gasteiger partial charge on any atom is 0.157 e. The topological polar surface area (TPSA) is 20.2 Å². The van der Waals surface area contributed by atoms with E-state index in [9.17, 15) is 5.11 Å². The van der Waals surface area contributed by atoms with Crippen LogP contribution in [-0.2, 0) is 0 Å². The van der Waals surface area contributed by atoms with Crippen LogP contribution in [0.3, 0.4) is 0 Å². The number of phenols is 1. The number of aromatic hydroxyl groups is 1. The third-order valence-corrected chi connectivity index (χ3v) is 11.1. The largest absolute Gasteiger partial charge is 0.504 e. The lowest BCUT2D eigenvalue weighted by atomic mass is 10.2. The van der Waals surface area contributed by atoms with Gasteiger partial charge in [0.05, 0.1) is 23.2 Å². The van der Waals surface area contributed by atoms with Crippen molar-refractivity contribution in [2.24, 2.45) is 0 Å². The van der Waals surface area contributed by atoms with Gasteiger partial charge in [0, 0.05) is 0 Å². The van der Waals surface area contributed by atoms with E-state index in [1.54, 1.807) is 0 Å². The van der Waals surface area contributed by atoms with E-state index in [1.807, 2.05) is 12.1 Å². The van der Waals surface area contributed by atoms with Crippen molar-refractivity contribution < 1.29 is 5.11 Å². The van der Waals surface area contributed by atoms with Crippen molar-refractivity contribution in [1.82, 2.24) is 0 Å². The van der Waals surface area contributed by atoms with Crippen LogP contribution in [0.2, 0.25) is 0 Å². The number of hydrogen-bond donors (Lipinski definition) is 1. The minimum absolute atomic E-state index is 0.165. The van der Waals surface area contributed by atoms with Crippen LogP contribution in [0.25, 0.3) is 0 Å². The van der Waals surface area contributed by atoms with Crippen molar-refractivity contribution in [1.29, 1.82) is 0 Å². The molecule has 2 heteroatoms. The number of benzene rings is 1. The van der Waals surface area contributed by atoms with Gasteiger partial charge in [-0.1, -0.05) is 12.1 Å². The second-order valence-electron chi connectivity index (χ2n) is 7.65. The highest BCUT2D eigenvalue weighted by atomic mass is 31.2. The van der Waals surface area contributed by atoms with Crippen LogP contribution < -0.4 is 5.30 Å². The number of phenolic OH excluding ortho intramolecular Hbond substituents is 1. The summed E-state index contributed by atoms with van der Waals surface area (Å²) in [7, 11) is -1.58. The molecule has 0 bridgehead atoms. The van der Waals surface area contributed by atoms with Crippen molar-refractivity contribution in [3.8, 4) is 5.75 Å². The second kappa shape index (κ2) is 5.09. The van der Waals surface area contributed by atoms with Crippen LogP contribution in [0.4, 0.5) is 0 Å². The van der Waals surface area contributed by atoms with E-state index in [0.29, 0.717) is 11.4 Å². The molecular weight excluding hydrogens is 251 g/mol. The smallest absolute Gasteiger partial charge is 0.157 e. The molecule has 0 aliphatic rings. The zero-order valence-corrected chi connectivity index (χ0v) is 14.7. The van der Waals surface area contributed by atoms with E-state index in [-0.39, 0.29) is 10.3 Å². The fourth-order valence-corrected chi connectivity index (χ4v) is 12.2. The minimum atomic E-state index is -1.58. The Bertz CT molecular complexity index is 421. The lowest BCUT2D eigenvalue weighted by molar-refractivity contribution is 0.478. The first kappa shape index (κ1) is 16.5. The Balaban J connectivity index is 3.75. The van der Waals surface area contributed by atoms with E-state index in [4.69, 9.17) is 0 Å². The normalized spacial score (nSPS) is 13.9. The third-order valence-electron chi connectivity index (χ3n) is 4.15. The molecule has 0 atom stereocenters. The predicted molar refractivity (Wildman–Crippen MR) is 89.3 cm³/mol. The highest BCUT2D eigenvalue weighted by Gasteiger charge is 2.62. The van der Waals surface area contributed by atoms with Gasteiger partial charge in [0.2, 0.25) is 0 Å². The molecule has 1 N–H and O–H groups in total. The first-order valence-electron chi connectivity index (χ1n) is 7.13. The average Bonchev–Trinajstić information content (AvgIpc) is 2.16. The Morgan fingerprint density at radius 3 is 1.63 bits per heavy atom. The third kappa shape index (κ3) is 2.55. The fourth-order valence-electron chi connectivity index (χ4n) is 4.32. The lowest BCUT2D eigenvalue weighted by Crippen LogP contribution is -2.44.